The van der Waals surface area contributed by atoms with Crippen LogP contribution in [0.3, 0.4) is 0 Å². The quantitative estimate of drug-likeness (QED) is 0.494. The first kappa shape index (κ1) is 12.9. The van der Waals surface area contributed by atoms with Crippen LogP contribution in [0.15, 0.2) is 24.3 Å². The zero-order chi connectivity index (χ0) is 10.5. The van der Waals surface area contributed by atoms with Gasteiger partial charge < -0.3 is 0 Å². The number of hydrogen-bond acceptors (Lipinski definition) is 0. The smallest absolute Gasteiger partial charge is 0.0895 e. The van der Waals surface area contributed by atoms with Gasteiger partial charge in [-0.25, -0.2) is 0 Å². The Bertz CT molecular complexity index is 239. The van der Waals surface area contributed by atoms with Crippen LogP contribution < -0.4 is 0 Å². The molecule has 1 rings (SSSR count). The molecule has 0 N–H and O–H groups in total. The molecule has 0 spiro atoms. The third kappa shape index (κ3) is 4.64. The van der Waals surface area contributed by atoms with Crippen LogP contribution in [0.25, 0.3) is 0 Å². The molecular weight excluding hydrogens is 201 g/mol. The van der Waals surface area contributed by atoms with E-state index in [4.69, 9.17) is 38.9 Å². The Balaban J connectivity index is 0.000000671. The summed E-state index contributed by atoms with van der Waals surface area (Å²) in [4.78, 5) is 0. The first-order valence-corrected chi connectivity index (χ1v) is 4.78. The minimum absolute atomic E-state index is 0.634. The normalized spacial score (nSPS) is 10.2. The highest BCUT2D eigenvalue weighted by atomic mass is 35.5. The van der Waals surface area contributed by atoms with Gasteiger partial charge in [-0.1, -0.05) is 37.6 Å². The van der Waals surface area contributed by atoms with Crippen LogP contribution in [0.1, 0.15) is 19.4 Å². The van der Waals surface area contributed by atoms with Crippen LogP contribution in [-0.4, -0.2) is 15.7 Å². The van der Waals surface area contributed by atoms with Crippen LogP contribution in [-0.2, 0) is 4.67 Å². The summed E-state index contributed by atoms with van der Waals surface area (Å²) in [5, 5.41) is 0.634. The van der Waals surface area contributed by atoms with Gasteiger partial charge in [-0.05, 0) is 22.4 Å². The maximum atomic E-state index is 5.64. The third-order valence-electron chi connectivity index (χ3n) is 1.29. The van der Waals surface area contributed by atoms with Crippen molar-refractivity contribution in [2.75, 3.05) is 0 Å². The van der Waals surface area contributed by atoms with Gasteiger partial charge in [0.2, 0.25) is 0 Å². The van der Waals surface area contributed by atoms with Gasteiger partial charge in [0.1, 0.15) is 0 Å². The molecule has 0 amide bonds. The maximum Gasteiger partial charge on any atom is 0.0895 e. The van der Waals surface area contributed by atoms with Gasteiger partial charge in [0.25, 0.3) is 0 Å². The molecule has 0 heterocycles. The zero-order valence-electron chi connectivity index (χ0n) is 7.72. The number of halogens is 2. The van der Waals surface area contributed by atoms with Gasteiger partial charge in [-0.15, -0.1) is 11.6 Å². The van der Waals surface area contributed by atoms with Crippen molar-refractivity contribution in [1.29, 1.82) is 0 Å². The predicted octanol–water partition coefficient (Wildman–Crippen LogP) is 3.05. The molecule has 4 radical (unpaired) electrons. The number of hydrogen-bond donors (Lipinski definition) is 0. The summed E-state index contributed by atoms with van der Waals surface area (Å²) >= 11 is 11.3. The molecule has 0 saturated heterocycles. The Labute approximate surface area is 92.4 Å². The average molecular weight is 211 g/mol. The van der Waals surface area contributed by atoms with Crippen LogP contribution in [0.2, 0.25) is 5.02 Å². The second-order valence-electron chi connectivity index (χ2n) is 2.27. The first-order valence-electron chi connectivity index (χ1n) is 4.03. The molecule has 66 valence electrons. The van der Waals surface area contributed by atoms with Gasteiger partial charge in [0, 0.05) is 5.02 Å². The minimum Gasteiger partial charge on any atom is -0.135 e. The second-order valence-corrected chi connectivity index (χ2v) is 3.34. The summed E-state index contributed by atoms with van der Waals surface area (Å²) < 4.78 is -1.30. The van der Waals surface area contributed by atoms with E-state index in [2.05, 4.69) is 0 Å². The molecule has 0 aliphatic rings. The zero-order valence-corrected chi connectivity index (χ0v) is 9.23. The van der Waals surface area contributed by atoms with Gasteiger partial charge in [-0.3, -0.25) is 0 Å². The molecule has 0 unspecified atom stereocenters. The van der Waals surface area contributed by atoms with E-state index >= 15 is 0 Å². The predicted molar refractivity (Wildman–Crippen MR) is 61.8 cm³/mol. The van der Waals surface area contributed by atoms with Crippen molar-refractivity contribution in [1.82, 2.24) is 0 Å². The standard InChI is InChI=1S/C7H4B2Cl2.C2H6/c8-7(9,11)5-1-3-6(10)4-2-5;1-2/h1-4H;1-2H3. The van der Waals surface area contributed by atoms with Crippen molar-refractivity contribution < 1.29 is 0 Å². The fourth-order valence-corrected chi connectivity index (χ4v) is 0.957. The Kier molecular flexibility index (Phi) is 5.59. The Morgan fingerprint density at radius 1 is 1.08 bits per heavy atom. The van der Waals surface area contributed by atoms with E-state index in [1.165, 1.54) is 0 Å². The Morgan fingerprint density at radius 2 is 1.46 bits per heavy atom. The van der Waals surface area contributed by atoms with Crippen molar-refractivity contribution >= 4 is 38.9 Å². The van der Waals surface area contributed by atoms with Gasteiger partial charge in [0.15, 0.2) is 0 Å². The lowest BCUT2D eigenvalue weighted by Crippen LogP contribution is -2.17. The van der Waals surface area contributed by atoms with Gasteiger partial charge >= 0.3 is 0 Å². The summed E-state index contributed by atoms with van der Waals surface area (Å²) in [6.07, 6.45) is 0. The molecule has 0 aliphatic heterocycles. The molecule has 1 aromatic carbocycles. The van der Waals surface area contributed by atoms with Crippen molar-refractivity contribution in [2.45, 2.75) is 18.5 Å². The van der Waals surface area contributed by atoms with Crippen molar-refractivity contribution in [3.8, 4) is 0 Å². The lowest BCUT2D eigenvalue weighted by Gasteiger charge is -2.16. The molecule has 0 bridgehead atoms. The maximum absolute atomic E-state index is 5.64. The van der Waals surface area contributed by atoms with Crippen molar-refractivity contribution in [2.24, 2.45) is 0 Å². The van der Waals surface area contributed by atoms with Crippen LogP contribution in [0.5, 0.6) is 0 Å². The van der Waals surface area contributed by atoms with E-state index in [0.717, 1.165) is 0 Å². The summed E-state index contributed by atoms with van der Waals surface area (Å²) in [5.74, 6) is 0. The highest BCUT2D eigenvalue weighted by molar-refractivity contribution is 6.61. The van der Waals surface area contributed by atoms with E-state index in [1.807, 2.05) is 13.8 Å². The molecule has 0 saturated carbocycles. The summed E-state index contributed by atoms with van der Waals surface area (Å²) in [6, 6.07) is 6.76. The summed E-state index contributed by atoms with van der Waals surface area (Å²) in [5.41, 5.74) is 0.642. The van der Waals surface area contributed by atoms with Gasteiger partial charge in [-0.2, -0.15) is 0 Å². The molecule has 13 heavy (non-hydrogen) atoms. The second kappa shape index (κ2) is 5.62. The largest absolute Gasteiger partial charge is 0.135 e. The fraction of sp³-hybridized carbons (Fsp3) is 0.333. The molecule has 0 nitrogen and oxygen atoms in total. The molecule has 1 aromatic rings. The van der Waals surface area contributed by atoms with Crippen LogP contribution in [0, 0.1) is 0 Å². The van der Waals surface area contributed by atoms with Gasteiger partial charge in [0.05, 0.1) is 15.7 Å². The van der Waals surface area contributed by atoms with E-state index < -0.39 is 4.67 Å². The van der Waals surface area contributed by atoms with Crippen LogP contribution in [0.4, 0.5) is 0 Å². The lowest BCUT2D eigenvalue weighted by atomic mass is 9.65. The van der Waals surface area contributed by atoms with Crippen molar-refractivity contribution in [3.63, 3.8) is 0 Å². The summed E-state index contributed by atoms with van der Waals surface area (Å²) in [7, 11) is 10.8. The number of rotatable bonds is 1. The Morgan fingerprint density at radius 3 is 1.77 bits per heavy atom. The highest BCUT2D eigenvalue weighted by Gasteiger charge is 2.14. The van der Waals surface area contributed by atoms with E-state index in [-0.39, 0.29) is 0 Å². The lowest BCUT2D eigenvalue weighted by molar-refractivity contribution is 1.24. The minimum atomic E-state index is -1.30. The van der Waals surface area contributed by atoms with Crippen molar-refractivity contribution in [3.05, 3.63) is 34.9 Å². The Hall–Kier alpha value is -0.0701. The van der Waals surface area contributed by atoms with E-state index in [0.29, 0.717) is 10.6 Å². The third-order valence-corrected chi connectivity index (χ3v) is 1.76. The molecule has 0 atom stereocenters. The molecule has 0 fully saturated rings. The molecular formula is C9H10B2Cl2. The monoisotopic (exact) mass is 210 g/mol. The molecule has 0 aromatic heterocycles. The summed E-state index contributed by atoms with van der Waals surface area (Å²) in [6.45, 7) is 4.00. The van der Waals surface area contributed by atoms with E-state index in [9.17, 15) is 0 Å². The van der Waals surface area contributed by atoms with Crippen LogP contribution >= 0.6 is 23.2 Å². The van der Waals surface area contributed by atoms with E-state index in [1.54, 1.807) is 24.3 Å². The highest BCUT2D eigenvalue weighted by Crippen LogP contribution is 2.22. The fourth-order valence-electron chi connectivity index (χ4n) is 0.705. The number of alkyl halides is 1. The topological polar surface area (TPSA) is 0 Å². The molecule has 4 heteroatoms. The molecule has 0 aliphatic carbocycles. The average Bonchev–Trinajstić information content (AvgIpc) is 2.07. The SMILES string of the molecule is CC.[B]C([B])(Cl)c1ccc(Cl)cc1. The first-order chi connectivity index (χ1) is 6.00. The number of benzene rings is 1.